The molecular weight excluding hydrogens is 320 g/mol. The molecule has 0 aliphatic carbocycles. The first-order chi connectivity index (χ1) is 12.0. The number of esters is 1. The number of fused-ring (bicyclic) bond motifs is 1. The number of aromatic nitrogens is 1. The molecule has 2 aromatic rings. The molecule has 2 heterocycles. The highest BCUT2D eigenvalue weighted by Gasteiger charge is 2.28. The Kier molecular flexibility index (Phi) is 4.88. The van der Waals surface area contributed by atoms with Gasteiger partial charge in [0, 0.05) is 17.3 Å². The molecule has 0 fully saturated rings. The van der Waals surface area contributed by atoms with Gasteiger partial charge in [-0.05, 0) is 45.2 Å². The quantitative estimate of drug-likeness (QED) is 0.799. The van der Waals surface area contributed by atoms with Crippen LogP contribution in [0, 0.1) is 13.8 Å². The average molecular weight is 342 g/mol. The van der Waals surface area contributed by atoms with E-state index in [4.69, 9.17) is 9.26 Å². The largest absolute Gasteiger partial charge is 0.455 e. The zero-order valence-corrected chi connectivity index (χ0v) is 14.7. The lowest BCUT2D eigenvalue weighted by molar-refractivity contribution is -0.147. The summed E-state index contributed by atoms with van der Waals surface area (Å²) in [5.74, 6) is -0.0631. The van der Waals surface area contributed by atoms with Gasteiger partial charge in [0.25, 0.3) is 5.91 Å². The van der Waals surface area contributed by atoms with Crippen LogP contribution in [0.25, 0.3) is 0 Å². The molecule has 1 unspecified atom stereocenters. The Hall–Kier alpha value is -2.63. The second-order valence-electron chi connectivity index (χ2n) is 6.42. The van der Waals surface area contributed by atoms with Crippen molar-refractivity contribution >= 4 is 17.6 Å². The van der Waals surface area contributed by atoms with Crippen molar-refractivity contribution in [1.82, 2.24) is 5.16 Å². The van der Waals surface area contributed by atoms with Crippen LogP contribution in [-0.4, -0.2) is 29.7 Å². The first-order valence-corrected chi connectivity index (χ1v) is 8.44. The first kappa shape index (κ1) is 17.2. The summed E-state index contributed by atoms with van der Waals surface area (Å²) in [6.07, 6.45) is 1.91. The highest BCUT2D eigenvalue weighted by Crippen LogP contribution is 2.30. The first-order valence-electron chi connectivity index (χ1n) is 8.44. The van der Waals surface area contributed by atoms with Crippen molar-refractivity contribution in [2.45, 2.75) is 46.1 Å². The van der Waals surface area contributed by atoms with Crippen molar-refractivity contribution in [2.75, 3.05) is 11.5 Å². The van der Waals surface area contributed by atoms with Crippen LogP contribution in [0.4, 0.5) is 5.69 Å². The van der Waals surface area contributed by atoms with Crippen molar-refractivity contribution in [3.05, 3.63) is 46.8 Å². The van der Waals surface area contributed by atoms with Gasteiger partial charge < -0.3 is 14.2 Å². The summed E-state index contributed by atoms with van der Waals surface area (Å²) in [6.45, 7) is 5.27. The molecule has 3 rings (SSSR count). The van der Waals surface area contributed by atoms with E-state index in [1.165, 1.54) is 0 Å². The number of para-hydroxylation sites is 1. The Morgan fingerprint density at radius 3 is 2.80 bits per heavy atom. The van der Waals surface area contributed by atoms with Crippen LogP contribution < -0.4 is 4.90 Å². The van der Waals surface area contributed by atoms with Crippen molar-refractivity contribution in [1.29, 1.82) is 0 Å². The maximum Gasteiger partial charge on any atom is 0.310 e. The Bertz CT molecular complexity index is 777. The molecule has 0 bridgehead atoms. The number of aryl methyl sites for hydroxylation is 3. The number of rotatable bonds is 4. The van der Waals surface area contributed by atoms with E-state index >= 15 is 0 Å². The normalized spacial score (nSPS) is 16.4. The number of nitrogens with zero attached hydrogens (tertiary/aromatic N) is 2. The van der Waals surface area contributed by atoms with Crippen LogP contribution in [0.3, 0.4) is 0 Å². The van der Waals surface area contributed by atoms with E-state index in [2.05, 4.69) is 5.16 Å². The van der Waals surface area contributed by atoms with Gasteiger partial charge in [0.1, 0.15) is 5.76 Å². The molecule has 6 nitrogen and oxygen atoms in total. The summed E-state index contributed by atoms with van der Waals surface area (Å²) in [4.78, 5) is 26.4. The van der Waals surface area contributed by atoms with E-state index in [0.717, 1.165) is 24.1 Å². The van der Waals surface area contributed by atoms with Crippen molar-refractivity contribution in [3.63, 3.8) is 0 Å². The summed E-state index contributed by atoms with van der Waals surface area (Å²) < 4.78 is 10.2. The van der Waals surface area contributed by atoms with Gasteiger partial charge in [0.15, 0.2) is 6.61 Å². The number of carbonyl (C=O) groups is 2. The molecule has 0 spiro atoms. The monoisotopic (exact) mass is 342 g/mol. The number of amides is 1. The van der Waals surface area contributed by atoms with Crippen molar-refractivity contribution in [2.24, 2.45) is 0 Å². The SMILES string of the molecule is Cc1noc(C)c1CC(=O)OCC(=O)N1c2ccccc2CCC1C. The second kappa shape index (κ2) is 7.09. The zero-order valence-electron chi connectivity index (χ0n) is 14.7. The fourth-order valence-electron chi connectivity index (χ4n) is 3.23. The molecule has 1 aliphatic rings. The van der Waals surface area contributed by atoms with Crippen LogP contribution in [0.5, 0.6) is 0 Å². The van der Waals surface area contributed by atoms with E-state index in [-0.39, 0.29) is 25.0 Å². The maximum atomic E-state index is 12.6. The number of carbonyl (C=O) groups excluding carboxylic acids is 2. The number of anilines is 1. The molecule has 1 aromatic carbocycles. The number of hydrogen-bond donors (Lipinski definition) is 0. The van der Waals surface area contributed by atoms with E-state index in [0.29, 0.717) is 17.0 Å². The summed E-state index contributed by atoms with van der Waals surface area (Å²) in [7, 11) is 0. The van der Waals surface area contributed by atoms with E-state index < -0.39 is 5.97 Å². The summed E-state index contributed by atoms with van der Waals surface area (Å²) in [6, 6.07) is 7.95. The standard InChI is InChI=1S/C19H22N2O4/c1-12-8-9-15-6-4-5-7-17(15)21(12)18(22)11-24-19(23)10-16-13(2)20-25-14(16)3/h4-7,12H,8-11H2,1-3H3. The Morgan fingerprint density at radius 1 is 1.32 bits per heavy atom. The molecule has 25 heavy (non-hydrogen) atoms. The van der Waals surface area contributed by atoms with Gasteiger partial charge >= 0.3 is 5.97 Å². The molecule has 0 N–H and O–H groups in total. The zero-order chi connectivity index (χ0) is 18.0. The lowest BCUT2D eigenvalue weighted by Gasteiger charge is -2.35. The van der Waals surface area contributed by atoms with E-state index in [1.54, 1.807) is 18.7 Å². The van der Waals surface area contributed by atoms with Crippen LogP contribution in [0.1, 0.15) is 35.9 Å². The minimum absolute atomic E-state index is 0.0561. The smallest absolute Gasteiger partial charge is 0.310 e. The third-order valence-electron chi connectivity index (χ3n) is 4.65. The minimum Gasteiger partial charge on any atom is -0.455 e. The second-order valence-corrected chi connectivity index (χ2v) is 6.42. The molecule has 6 heteroatoms. The third kappa shape index (κ3) is 3.57. The predicted molar refractivity (Wildman–Crippen MR) is 92.4 cm³/mol. The molecule has 132 valence electrons. The lowest BCUT2D eigenvalue weighted by atomic mass is 9.96. The summed E-state index contributed by atoms with van der Waals surface area (Å²) in [5.41, 5.74) is 3.44. The van der Waals surface area contributed by atoms with E-state index in [1.807, 2.05) is 31.2 Å². The van der Waals surface area contributed by atoms with Gasteiger partial charge in [0.2, 0.25) is 0 Å². The Balaban J connectivity index is 1.64. The molecule has 0 saturated carbocycles. The minimum atomic E-state index is -0.458. The number of hydrogen-bond acceptors (Lipinski definition) is 5. The fourth-order valence-corrected chi connectivity index (χ4v) is 3.23. The van der Waals surface area contributed by atoms with Gasteiger partial charge in [-0.1, -0.05) is 23.4 Å². The van der Waals surface area contributed by atoms with Crippen molar-refractivity contribution < 1.29 is 18.8 Å². The summed E-state index contributed by atoms with van der Waals surface area (Å²) in [5, 5.41) is 3.81. The van der Waals surface area contributed by atoms with Crippen LogP contribution in [-0.2, 0) is 27.2 Å². The molecular formula is C19H22N2O4. The molecule has 1 aromatic heterocycles. The van der Waals surface area contributed by atoms with Gasteiger partial charge in [-0.3, -0.25) is 9.59 Å². The highest BCUT2D eigenvalue weighted by atomic mass is 16.5. The summed E-state index contributed by atoms with van der Waals surface area (Å²) >= 11 is 0. The van der Waals surface area contributed by atoms with Gasteiger partial charge in [0.05, 0.1) is 12.1 Å². The van der Waals surface area contributed by atoms with Gasteiger partial charge in [-0.25, -0.2) is 0 Å². The third-order valence-corrected chi connectivity index (χ3v) is 4.65. The molecule has 0 saturated heterocycles. The van der Waals surface area contributed by atoms with Gasteiger partial charge in [-0.2, -0.15) is 0 Å². The van der Waals surface area contributed by atoms with Crippen molar-refractivity contribution in [3.8, 4) is 0 Å². The van der Waals surface area contributed by atoms with Crippen LogP contribution in [0.2, 0.25) is 0 Å². The molecule has 1 aliphatic heterocycles. The lowest BCUT2D eigenvalue weighted by Crippen LogP contribution is -2.44. The topological polar surface area (TPSA) is 72.6 Å². The Morgan fingerprint density at radius 2 is 2.08 bits per heavy atom. The van der Waals surface area contributed by atoms with Crippen LogP contribution >= 0.6 is 0 Å². The number of ether oxygens (including phenoxy) is 1. The molecule has 1 amide bonds. The average Bonchev–Trinajstić information content (AvgIpc) is 2.91. The predicted octanol–water partition coefficient (Wildman–Crippen LogP) is 2.75. The van der Waals surface area contributed by atoms with E-state index in [9.17, 15) is 9.59 Å². The molecule has 1 atom stereocenters. The fraction of sp³-hybridized carbons (Fsp3) is 0.421. The maximum absolute atomic E-state index is 12.6. The van der Waals surface area contributed by atoms with Crippen LogP contribution in [0.15, 0.2) is 28.8 Å². The molecule has 0 radical (unpaired) electrons. The Labute approximate surface area is 146 Å². The van der Waals surface area contributed by atoms with Gasteiger partial charge in [-0.15, -0.1) is 0 Å². The highest BCUT2D eigenvalue weighted by molar-refractivity contribution is 5.97. The number of benzene rings is 1.